The van der Waals surface area contributed by atoms with Crippen LogP contribution >= 0.6 is 0 Å². The molecule has 0 fully saturated rings. The summed E-state index contributed by atoms with van der Waals surface area (Å²) in [6.07, 6.45) is 3.20. The molecule has 1 aromatic carbocycles. The van der Waals surface area contributed by atoms with Gasteiger partial charge in [0.15, 0.2) is 11.4 Å². The number of cyclic esters (lactones) is 1. The highest BCUT2D eigenvalue weighted by Crippen LogP contribution is 2.42. The highest BCUT2D eigenvalue weighted by Gasteiger charge is 2.47. The van der Waals surface area contributed by atoms with E-state index in [0.29, 0.717) is 18.4 Å². The Hall–Kier alpha value is -1.77. The van der Waals surface area contributed by atoms with Crippen LogP contribution in [0, 0.1) is 13.8 Å². The van der Waals surface area contributed by atoms with Crippen LogP contribution in [-0.2, 0) is 9.53 Å². The predicted molar refractivity (Wildman–Crippen MR) is 95.5 cm³/mol. The minimum absolute atomic E-state index is 0.108. The molecular formula is C20H30O3. The maximum atomic E-state index is 12.3. The molecule has 0 radical (unpaired) electrons. The van der Waals surface area contributed by atoms with Gasteiger partial charge in [-0.05, 0) is 44.2 Å². The molecule has 0 aliphatic carbocycles. The van der Waals surface area contributed by atoms with E-state index >= 15 is 0 Å². The summed E-state index contributed by atoms with van der Waals surface area (Å²) in [5, 5.41) is 10.7. The molecule has 23 heavy (non-hydrogen) atoms. The normalized spacial score (nSPS) is 20.2. The summed E-state index contributed by atoms with van der Waals surface area (Å²) in [4.78, 5) is 12.3. The van der Waals surface area contributed by atoms with Crippen molar-refractivity contribution in [3.05, 3.63) is 40.6 Å². The summed E-state index contributed by atoms with van der Waals surface area (Å²) in [5.41, 5.74) is 2.32. The number of unbranched alkanes of at least 4 members (excludes halogenated alkanes) is 1. The molecule has 3 nitrogen and oxygen atoms in total. The van der Waals surface area contributed by atoms with Crippen molar-refractivity contribution < 1.29 is 14.6 Å². The van der Waals surface area contributed by atoms with Crippen molar-refractivity contribution >= 4 is 11.5 Å². The Morgan fingerprint density at radius 3 is 2.39 bits per heavy atom. The van der Waals surface area contributed by atoms with Gasteiger partial charge in [0.05, 0.1) is 0 Å². The summed E-state index contributed by atoms with van der Waals surface area (Å²) < 4.78 is 5.61. The van der Waals surface area contributed by atoms with Gasteiger partial charge >= 0.3 is 5.97 Å². The highest BCUT2D eigenvalue weighted by atomic mass is 16.6. The van der Waals surface area contributed by atoms with E-state index in [1.54, 1.807) is 0 Å². The minimum atomic E-state index is -0.835. The van der Waals surface area contributed by atoms with Crippen LogP contribution in [0.15, 0.2) is 24.0 Å². The molecule has 2 rings (SSSR count). The fraction of sp³-hybridized carbons (Fsp3) is 0.550. The van der Waals surface area contributed by atoms with Gasteiger partial charge in [-0.2, -0.15) is 0 Å². The molecular weight excluding hydrogens is 288 g/mol. The second kappa shape index (κ2) is 8.19. The van der Waals surface area contributed by atoms with Crippen LogP contribution in [0.5, 0.6) is 0 Å². The summed E-state index contributed by atoms with van der Waals surface area (Å²) in [7, 11) is 0. The van der Waals surface area contributed by atoms with E-state index in [-0.39, 0.29) is 5.76 Å². The first-order chi connectivity index (χ1) is 10.9. The van der Waals surface area contributed by atoms with Crippen molar-refractivity contribution in [2.45, 2.75) is 72.8 Å². The van der Waals surface area contributed by atoms with Gasteiger partial charge in [-0.1, -0.05) is 57.9 Å². The van der Waals surface area contributed by atoms with Gasteiger partial charge in [0.1, 0.15) is 5.57 Å². The smallest absolute Gasteiger partial charge is 0.343 e. The molecule has 0 saturated carbocycles. The Morgan fingerprint density at radius 2 is 1.83 bits per heavy atom. The number of aryl methyl sites for hydroxylation is 2. The molecule has 128 valence electrons. The maximum Gasteiger partial charge on any atom is 0.343 e. The summed E-state index contributed by atoms with van der Waals surface area (Å²) in [5.74, 6) is -0.295. The average Bonchev–Trinajstić information content (AvgIpc) is 2.81. The molecule has 1 N–H and O–H groups in total. The van der Waals surface area contributed by atoms with Crippen LogP contribution in [0.3, 0.4) is 0 Å². The molecule has 1 atom stereocenters. The van der Waals surface area contributed by atoms with Gasteiger partial charge in [-0.25, -0.2) is 4.79 Å². The molecule has 1 aliphatic heterocycles. The molecule has 0 spiro atoms. The van der Waals surface area contributed by atoms with E-state index in [1.807, 2.05) is 52.8 Å². The molecule has 1 aromatic rings. The third-order valence-electron chi connectivity index (χ3n) is 4.33. The quantitative estimate of drug-likeness (QED) is 0.730. The van der Waals surface area contributed by atoms with Gasteiger partial charge < -0.3 is 9.84 Å². The van der Waals surface area contributed by atoms with Crippen molar-refractivity contribution in [3.8, 4) is 0 Å². The number of rotatable bonds is 5. The molecule has 0 aromatic heterocycles. The second-order valence-corrected chi connectivity index (χ2v) is 5.88. The second-order valence-electron chi connectivity index (χ2n) is 5.88. The first kappa shape index (κ1) is 19.3. The Balaban J connectivity index is 0.00000127. The van der Waals surface area contributed by atoms with Crippen molar-refractivity contribution in [3.63, 3.8) is 0 Å². The number of benzene rings is 1. The van der Waals surface area contributed by atoms with Crippen molar-refractivity contribution in [1.29, 1.82) is 0 Å². The summed E-state index contributed by atoms with van der Waals surface area (Å²) >= 11 is 0. The number of carbonyl (C=O) groups is 1. The SMILES string of the molecule is CC.CCCCC1(CC)OC(=O)C(c2cc(C)ccc2C)=C1O. The zero-order valence-corrected chi connectivity index (χ0v) is 15.3. The standard InChI is InChI=1S/C18H24O3.C2H6/c1-5-7-10-18(6-2)16(19)15(17(20)21-18)14-11-12(3)8-9-13(14)4;1-2/h8-9,11,19H,5-7,10H2,1-4H3;1-2H3. The van der Waals surface area contributed by atoms with Crippen LogP contribution in [-0.4, -0.2) is 16.7 Å². The molecule has 0 amide bonds. The Kier molecular flexibility index (Phi) is 6.86. The monoisotopic (exact) mass is 318 g/mol. The van der Waals surface area contributed by atoms with E-state index in [2.05, 4.69) is 6.92 Å². The zero-order valence-electron chi connectivity index (χ0n) is 15.3. The Morgan fingerprint density at radius 1 is 1.17 bits per heavy atom. The van der Waals surface area contributed by atoms with Crippen molar-refractivity contribution in [2.24, 2.45) is 0 Å². The van der Waals surface area contributed by atoms with Crippen molar-refractivity contribution in [2.75, 3.05) is 0 Å². The Labute approximate surface area is 140 Å². The van der Waals surface area contributed by atoms with Crippen LogP contribution in [0.25, 0.3) is 5.57 Å². The lowest BCUT2D eigenvalue weighted by molar-refractivity contribution is -0.147. The summed E-state index contributed by atoms with van der Waals surface area (Å²) in [6, 6.07) is 5.91. The fourth-order valence-electron chi connectivity index (χ4n) is 2.89. The largest absolute Gasteiger partial charge is 0.507 e. The molecule has 1 heterocycles. The number of hydrogen-bond acceptors (Lipinski definition) is 3. The lowest BCUT2D eigenvalue weighted by Gasteiger charge is -2.26. The van der Waals surface area contributed by atoms with E-state index in [4.69, 9.17) is 4.74 Å². The topological polar surface area (TPSA) is 46.5 Å². The maximum absolute atomic E-state index is 12.3. The van der Waals surface area contributed by atoms with E-state index in [1.165, 1.54) is 0 Å². The molecule has 0 saturated heterocycles. The number of aliphatic hydroxyl groups is 1. The third kappa shape index (κ3) is 3.77. The lowest BCUT2D eigenvalue weighted by atomic mass is 9.88. The number of hydrogen-bond donors (Lipinski definition) is 1. The average molecular weight is 318 g/mol. The highest BCUT2D eigenvalue weighted by molar-refractivity contribution is 6.20. The van der Waals surface area contributed by atoms with Crippen molar-refractivity contribution in [1.82, 2.24) is 0 Å². The van der Waals surface area contributed by atoms with Gasteiger partial charge in [0, 0.05) is 0 Å². The van der Waals surface area contributed by atoms with Gasteiger partial charge in [0.2, 0.25) is 0 Å². The molecule has 1 unspecified atom stereocenters. The van der Waals surface area contributed by atoms with E-state index < -0.39 is 11.6 Å². The van der Waals surface area contributed by atoms with Crippen LogP contribution in [0.2, 0.25) is 0 Å². The van der Waals surface area contributed by atoms with Gasteiger partial charge in [-0.3, -0.25) is 0 Å². The fourth-order valence-corrected chi connectivity index (χ4v) is 2.89. The molecule has 3 heteroatoms. The molecule has 0 bridgehead atoms. The zero-order chi connectivity index (χ0) is 17.6. The van der Waals surface area contributed by atoms with E-state index in [0.717, 1.165) is 29.5 Å². The van der Waals surface area contributed by atoms with Gasteiger partial charge in [-0.15, -0.1) is 0 Å². The van der Waals surface area contributed by atoms with E-state index in [9.17, 15) is 9.90 Å². The van der Waals surface area contributed by atoms with Crippen LogP contribution < -0.4 is 0 Å². The first-order valence-corrected chi connectivity index (χ1v) is 8.70. The Bertz CT molecular complexity index is 587. The third-order valence-corrected chi connectivity index (χ3v) is 4.33. The number of esters is 1. The first-order valence-electron chi connectivity index (χ1n) is 8.70. The summed E-state index contributed by atoms with van der Waals surface area (Å²) in [6.45, 7) is 12.0. The number of ether oxygens (including phenoxy) is 1. The number of carbonyl (C=O) groups excluding carboxylic acids is 1. The van der Waals surface area contributed by atoms with Gasteiger partial charge in [0.25, 0.3) is 0 Å². The minimum Gasteiger partial charge on any atom is -0.507 e. The van der Waals surface area contributed by atoms with Crippen LogP contribution in [0.4, 0.5) is 0 Å². The molecule has 1 aliphatic rings. The van der Waals surface area contributed by atoms with Crippen LogP contribution in [0.1, 0.15) is 70.1 Å². The lowest BCUT2D eigenvalue weighted by Crippen LogP contribution is -2.31. The predicted octanol–water partition coefficient (Wildman–Crippen LogP) is 5.49. The number of aliphatic hydroxyl groups excluding tert-OH is 1.